The van der Waals surface area contributed by atoms with Gasteiger partial charge in [0.2, 0.25) is 5.75 Å². The van der Waals surface area contributed by atoms with Crippen molar-refractivity contribution in [3.05, 3.63) is 6.33 Å². The van der Waals surface area contributed by atoms with Crippen LogP contribution in [0, 0.1) is 11.8 Å². The predicted octanol–water partition coefficient (Wildman–Crippen LogP) is 1.37. The van der Waals surface area contributed by atoms with Crippen LogP contribution >= 0.6 is 0 Å². The predicted molar refractivity (Wildman–Crippen MR) is 69.3 cm³/mol. The van der Waals surface area contributed by atoms with Crippen LogP contribution < -0.4 is 21.3 Å². The molecule has 18 heavy (non-hydrogen) atoms. The third-order valence-corrected chi connectivity index (χ3v) is 4.20. The summed E-state index contributed by atoms with van der Waals surface area (Å²) in [6, 6.07) is 0.512. The molecule has 3 unspecified atom stereocenters. The molecule has 0 spiro atoms. The second-order valence-electron chi connectivity index (χ2n) is 5.17. The second kappa shape index (κ2) is 4.61. The number of fused-ring (bicyclic) bond motifs is 2. The zero-order valence-corrected chi connectivity index (χ0v) is 10.5. The molecule has 2 bridgehead atoms. The zero-order valence-electron chi connectivity index (χ0n) is 10.5. The van der Waals surface area contributed by atoms with E-state index < -0.39 is 0 Å². The molecule has 2 saturated carbocycles. The van der Waals surface area contributed by atoms with Gasteiger partial charge in [0, 0.05) is 6.04 Å². The minimum atomic E-state index is 0.512. The highest BCUT2D eigenvalue weighted by Crippen LogP contribution is 2.46. The number of nitrogens with zero attached hydrogens (tertiary/aromatic N) is 2. The van der Waals surface area contributed by atoms with Crippen LogP contribution in [-0.4, -0.2) is 23.1 Å². The number of anilines is 2. The molecule has 6 heteroatoms. The van der Waals surface area contributed by atoms with Crippen molar-refractivity contribution in [1.82, 2.24) is 9.97 Å². The van der Waals surface area contributed by atoms with Gasteiger partial charge in [-0.25, -0.2) is 15.8 Å². The third-order valence-electron chi connectivity index (χ3n) is 4.20. The molecule has 98 valence electrons. The molecule has 0 radical (unpaired) electrons. The van der Waals surface area contributed by atoms with Crippen molar-refractivity contribution in [2.24, 2.45) is 17.7 Å². The Kier molecular flexibility index (Phi) is 2.95. The largest absolute Gasteiger partial charge is 0.490 e. The van der Waals surface area contributed by atoms with Crippen LogP contribution in [0.2, 0.25) is 0 Å². The normalized spacial score (nSPS) is 29.3. The Morgan fingerprint density at radius 3 is 2.72 bits per heavy atom. The molecule has 2 aliphatic carbocycles. The lowest BCUT2D eigenvalue weighted by atomic mass is 9.95. The first-order valence-corrected chi connectivity index (χ1v) is 6.44. The van der Waals surface area contributed by atoms with E-state index in [0.29, 0.717) is 17.6 Å². The maximum Gasteiger partial charge on any atom is 0.205 e. The fraction of sp³-hybridized carbons (Fsp3) is 0.667. The summed E-state index contributed by atoms with van der Waals surface area (Å²) < 4.78 is 5.33. The van der Waals surface area contributed by atoms with Gasteiger partial charge in [-0.1, -0.05) is 6.42 Å². The van der Waals surface area contributed by atoms with Gasteiger partial charge in [-0.15, -0.1) is 0 Å². The number of nitrogens with two attached hydrogens (primary N) is 1. The van der Waals surface area contributed by atoms with Gasteiger partial charge < -0.3 is 15.5 Å². The number of hydrogen-bond donors (Lipinski definition) is 3. The topological polar surface area (TPSA) is 85.1 Å². The van der Waals surface area contributed by atoms with Crippen LogP contribution in [0.3, 0.4) is 0 Å². The van der Waals surface area contributed by atoms with E-state index in [1.54, 1.807) is 7.11 Å². The average Bonchev–Trinajstić information content (AvgIpc) is 3.00. The Morgan fingerprint density at radius 2 is 2.11 bits per heavy atom. The number of ether oxygens (including phenoxy) is 1. The Balaban J connectivity index is 1.80. The van der Waals surface area contributed by atoms with Gasteiger partial charge in [-0.2, -0.15) is 0 Å². The first-order chi connectivity index (χ1) is 8.81. The van der Waals surface area contributed by atoms with Crippen molar-refractivity contribution in [2.75, 3.05) is 17.9 Å². The molecule has 1 aromatic rings. The van der Waals surface area contributed by atoms with Gasteiger partial charge >= 0.3 is 0 Å². The fourth-order valence-corrected chi connectivity index (χ4v) is 3.37. The molecular weight excluding hydrogens is 230 g/mol. The molecule has 3 atom stereocenters. The number of hydrazine groups is 1. The maximum absolute atomic E-state index is 5.42. The molecule has 6 nitrogen and oxygen atoms in total. The highest BCUT2D eigenvalue weighted by atomic mass is 16.5. The van der Waals surface area contributed by atoms with Gasteiger partial charge in [0.05, 0.1) is 7.11 Å². The first kappa shape index (κ1) is 11.5. The van der Waals surface area contributed by atoms with E-state index >= 15 is 0 Å². The van der Waals surface area contributed by atoms with Crippen LogP contribution in [0.25, 0.3) is 0 Å². The summed E-state index contributed by atoms with van der Waals surface area (Å²) in [5, 5.41) is 3.49. The van der Waals surface area contributed by atoms with Crippen molar-refractivity contribution >= 4 is 11.6 Å². The summed E-state index contributed by atoms with van der Waals surface area (Å²) in [5.74, 6) is 8.93. The minimum absolute atomic E-state index is 0.512. The zero-order chi connectivity index (χ0) is 12.5. The van der Waals surface area contributed by atoms with Gasteiger partial charge in [0.1, 0.15) is 6.33 Å². The van der Waals surface area contributed by atoms with Gasteiger partial charge in [0.25, 0.3) is 0 Å². The summed E-state index contributed by atoms with van der Waals surface area (Å²) in [6.45, 7) is 0. The van der Waals surface area contributed by atoms with Gasteiger partial charge in [0.15, 0.2) is 11.6 Å². The van der Waals surface area contributed by atoms with E-state index in [9.17, 15) is 0 Å². The number of aromatic nitrogens is 2. The van der Waals surface area contributed by atoms with Gasteiger partial charge in [-0.05, 0) is 31.1 Å². The van der Waals surface area contributed by atoms with Crippen LogP contribution in [-0.2, 0) is 0 Å². The number of nitrogens with one attached hydrogen (secondary N) is 2. The lowest BCUT2D eigenvalue weighted by Gasteiger charge is -2.24. The fourth-order valence-electron chi connectivity index (χ4n) is 3.37. The van der Waals surface area contributed by atoms with Crippen LogP contribution in [0.15, 0.2) is 6.33 Å². The SMILES string of the molecule is COc1c(NN)ncnc1NC1CC2CCC1C2. The molecule has 0 aliphatic heterocycles. The number of rotatable bonds is 4. The van der Waals surface area contributed by atoms with E-state index in [-0.39, 0.29) is 0 Å². The average molecular weight is 249 g/mol. The number of nitrogen functional groups attached to an aromatic ring is 1. The van der Waals surface area contributed by atoms with Crippen LogP contribution in [0.5, 0.6) is 5.75 Å². The second-order valence-corrected chi connectivity index (χ2v) is 5.17. The van der Waals surface area contributed by atoms with Crippen LogP contribution in [0.1, 0.15) is 25.7 Å². The first-order valence-electron chi connectivity index (χ1n) is 6.44. The summed E-state index contributed by atoms with van der Waals surface area (Å²) in [7, 11) is 1.60. The monoisotopic (exact) mass is 249 g/mol. The van der Waals surface area contributed by atoms with Crippen molar-refractivity contribution in [3.63, 3.8) is 0 Å². The van der Waals surface area contributed by atoms with E-state index in [0.717, 1.165) is 17.7 Å². The van der Waals surface area contributed by atoms with E-state index in [2.05, 4.69) is 20.7 Å². The molecule has 0 saturated heterocycles. The molecule has 0 amide bonds. The van der Waals surface area contributed by atoms with Gasteiger partial charge in [-0.3, -0.25) is 0 Å². The van der Waals surface area contributed by atoms with E-state index in [4.69, 9.17) is 10.6 Å². The van der Waals surface area contributed by atoms with Crippen molar-refractivity contribution < 1.29 is 4.74 Å². The molecule has 1 aromatic heterocycles. The number of methoxy groups -OCH3 is 1. The Bertz CT molecular complexity index is 438. The summed E-state index contributed by atoms with van der Waals surface area (Å²) in [4.78, 5) is 8.30. The maximum atomic E-state index is 5.42. The van der Waals surface area contributed by atoms with Crippen molar-refractivity contribution in [2.45, 2.75) is 31.7 Å². The lowest BCUT2D eigenvalue weighted by molar-refractivity contribution is 0.408. The molecule has 1 heterocycles. The molecule has 3 rings (SSSR count). The van der Waals surface area contributed by atoms with E-state index in [1.165, 1.54) is 32.0 Å². The van der Waals surface area contributed by atoms with Crippen molar-refractivity contribution in [1.29, 1.82) is 0 Å². The summed E-state index contributed by atoms with van der Waals surface area (Å²) >= 11 is 0. The molecule has 2 fully saturated rings. The van der Waals surface area contributed by atoms with Crippen molar-refractivity contribution in [3.8, 4) is 5.75 Å². The molecule has 0 aromatic carbocycles. The smallest absolute Gasteiger partial charge is 0.205 e. The van der Waals surface area contributed by atoms with E-state index in [1.807, 2.05) is 0 Å². The Morgan fingerprint density at radius 1 is 1.28 bits per heavy atom. The van der Waals surface area contributed by atoms with Crippen LogP contribution in [0.4, 0.5) is 11.6 Å². The highest BCUT2D eigenvalue weighted by Gasteiger charge is 2.39. The minimum Gasteiger partial charge on any atom is -0.490 e. The summed E-state index contributed by atoms with van der Waals surface area (Å²) in [5.41, 5.74) is 2.53. The summed E-state index contributed by atoms with van der Waals surface area (Å²) in [6.07, 6.45) is 6.81. The number of hydrogen-bond acceptors (Lipinski definition) is 6. The molecular formula is C12H19N5O. The Labute approximate surface area is 106 Å². The third kappa shape index (κ3) is 1.86. The molecule has 2 aliphatic rings. The quantitative estimate of drug-likeness (QED) is 0.552. The standard InChI is InChI=1S/C12H19N5O/c1-18-10-11(14-6-15-12(10)17-13)16-9-5-7-2-3-8(9)4-7/h6-9H,2-5,13H2,1H3,(H2,14,15,16,17). The lowest BCUT2D eigenvalue weighted by Crippen LogP contribution is -2.27. The highest BCUT2D eigenvalue weighted by molar-refractivity contribution is 5.63. The Hall–Kier alpha value is -1.56. The molecule has 4 N–H and O–H groups in total.